The largest absolute Gasteiger partial charge is 0.394 e. The van der Waals surface area contributed by atoms with E-state index in [9.17, 15) is 19.1 Å². The number of aromatic amines is 1. The van der Waals surface area contributed by atoms with Gasteiger partial charge in [-0.05, 0) is 6.92 Å². The van der Waals surface area contributed by atoms with Gasteiger partial charge < -0.3 is 14.9 Å². The van der Waals surface area contributed by atoms with Gasteiger partial charge in [0.2, 0.25) is 0 Å². The van der Waals surface area contributed by atoms with E-state index in [1.165, 1.54) is 0 Å². The second kappa shape index (κ2) is 4.30. The van der Waals surface area contributed by atoms with Gasteiger partial charge in [-0.2, -0.15) is 0 Å². The van der Waals surface area contributed by atoms with Crippen LogP contribution >= 0.6 is 0 Å². The minimum atomic E-state index is -2.25. The molecule has 0 saturated carbocycles. The Morgan fingerprint density at radius 3 is 2.78 bits per heavy atom. The normalized spacial score (nSPS) is 35.9. The highest BCUT2D eigenvalue weighted by Crippen LogP contribution is 2.40. The molecule has 8 heteroatoms. The van der Waals surface area contributed by atoms with E-state index in [-0.39, 0.29) is 0 Å². The Labute approximate surface area is 100 Å². The fourth-order valence-corrected chi connectivity index (χ4v) is 1.97. The summed E-state index contributed by atoms with van der Waals surface area (Å²) in [4.78, 5) is 24.4. The average Bonchev–Trinajstić information content (AvgIpc) is 2.52. The van der Waals surface area contributed by atoms with Gasteiger partial charge in [0.05, 0.1) is 6.61 Å². The van der Waals surface area contributed by atoms with Gasteiger partial charge in [0, 0.05) is 12.3 Å². The number of H-pyrrole nitrogens is 1. The molecule has 100 valence electrons. The van der Waals surface area contributed by atoms with E-state index in [1.54, 1.807) is 0 Å². The summed E-state index contributed by atoms with van der Waals surface area (Å²) >= 11 is 0. The Morgan fingerprint density at radius 1 is 1.61 bits per heavy atom. The third kappa shape index (κ3) is 1.88. The number of rotatable bonds is 2. The van der Waals surface area contributed by atoms with E-state index in [4.69, 9.17) is 9.84 Å². The topological polar surface area (TPSA) is 105 Å². The third-order valence-electron chi connectivity index (χ3n) is 3.00. The molecule has 4 atom stereocenters. The summed E-state index contributed by atoms with van der Waals surface area (Å²) in [5.41, 5.74) is -3.72. The molecule has 0 radical (unpaired) electrons. The summed E-state index contributed by atoms with van der Waals surface area (Å²) < 4.78 is 20.3. The van der Waals surface area contributed by atoms with Crippen molar-refractivity contribution in [2.24, 2.45) is 0 Å². The van der Waals surface area contributed by atoms with E-state index in [1.807, 2.05) is 4.98 Å². The molecular formula is C10H13FN2O5. The monoisotopic (exact) mass is 260 g/mol. The van der Waals surface area contributed by atoms with Crippen molar-refractivity contribution in [2.75, 3.05) is 6.61 Å². The van der Waals surface area contributed by atoms with Crippen LogP contribution in [0, 0.1) is 0 Å². The first-order chi connectivity index (χ1) is 8.37. The molecule has 0 aromatic carbocycles. The minimum absolute atomic E-state index is 0.574. The summed E-state index contributed by atoms with van der Waals surface area (Å²) in [6, 6.07) is 1.04. The van der Waals surface area contributed by atoms with Gasteiger partial charge in [-0.1, -0.05) is 0 Å². The van der Waals surface area contributed by atoms with Crippen molar-refractivity contribution < 1.29 is 19.3 Å². The van der Waals surface area contributed by atoms with Crippen LogP contribution in [0.3, 0.4) is 0 Å². The van der Waals surface area contributed by atoms with Crippen molar-refractivity contribution in [1.29, 1.82) is 0 Å². The highest BCUT2D eigenvalue weighted by atomic mass is 19.1. The molecule has 0 spiro atoms. The Balaban J connectivity index is 2.45. The van der Waals surface area contributed by atoms with Crippen LogP contribution in [0.4, 0.5) is 4.39 Å². The minimum Gasteiger partial charge on any atom is -0.394 e. The molecule has 7 nitrogen and oxygen atoms in total. The molecule has 0 amide bonds. The lowest BCUT2D eigenvalue weighted by atomic mass is 9.98. The van der Waals surface area contributed by atoms with Crippen molar-refractivity contribution >= 4 is 0 Å². The summed E-state index contributed by atoms with van der Waals surface area (Å²) in [6.07, 6.45) is -3.01. The number of nitrogens with zero attached hydrogens (tertiary/aromatic N) is 1. The van der Waals surface area contributed by atoms with Crippen molar-refractivity contribution in [2.45, 2.75) is 31.0 Å². The molecule has 1 saturated heterocycles. The molecular weight excluding hydrogens is 247 g/mol. The SMILES string of the molecule is C[C@@]1(F)[C@H](O)[C@H](CO)O[C@@H]1n1ccc(=O)[nH]c1=O. The molecule has 2 heterocycles. The molecule has 1 fully saturated rings. The number of halogens is 1. The van der Waals surface area contributed by atoms with Crippen LogP contribution in [-0.2, 0) is 4.74 Å². The fraction of sp³-hybridized carbons (Fsp3) is 0.600. The second-order valence-corrected chi connectivity index (χ2v) is 4.32. The maximum absolute atomic E-state index is 14.3. The van der Waals surface area contributed by atoms with Crippen LogP contribution in [0.25, 0.3) is 0 Å². The highest BCUT2D eigenvalue weighted by molar-refractivity contribution is 5.01. The lowest BCUT2D eigenvalue weighted by molar-refractivity contribution is -0.0611. The molecule has 2 rings (SSSR count). The maximum atomic E-state index is 14.3. The number of aromatic nitrogens is 2. The Kier molecular flexibility index (Phi) is 3.09. The van der Waals surface area contributed by atoms with E-state index in [0.717, 1.165) is 23.8 Å². The zero-order chi connectivity index (χ0) is 13.5. The Hall–Kier alpha value is -1.51. The van der Waals surface area contributed by atoms with E-state index >= 15 is 0 Å². The van der Waals surface area contributed by atoms with Crippen molar-refractivity contribution in [3.8, 4) is 0 Å². The molecule has 3 N–H and O–H groups in total. The molecule has 1 aromatic rings. The maximum Gasteiger partial charge on any atom is 0.330 e. The van der Waals surface area contributed by atoms with Gasteiger partial charge in [0.25, 0.3) is 5.56 Å². The second-order valence-electron chi connectivity index (χ2n) is 4.32. The van der Waals surface area contributed by atoms with Gasteiger partial charge in [0.1, 0.15) is 12.2 Å². The smallest absolute Gasteiger partial charge is 0.330 e. The average molecular weight is 260 g/mol. The van der Waals surface area contributed by atoms with Crippen LogP contribution in [0.2, 0.25) is 0 Å². The van der Waals surface area contributed by atoms with Crippen LogP contribution in [0.15, 0.2) is 21.9 Å². The number of nitrogens with one attached hydrogen (secondary N) is 1. The molecule has 1 aliphatic rings. The molecule has 1 aliphatic heterocycles. The standard InChI is InChI=1S/C10H13FN2O5/c1-10(11)7(16)5(4-14)18-8(10)13-3-2-6(15)12-9(13)17/h2-3,5,7-8,14,16H,4H2,1H3,(H,12,15,17)/t5-,7+,8-,10+/m0/s1. The van der Waals surface area contributed by atoms with Gasteiger partial charge in [-0.3, -0.25) is 14.3 Å². The Bertz CT molecular complexity index is 552. The summed E-state index contributed by atoms with van der Waals surface area (Å²) in [5.74, 6) is 0. The number of aliphatic hydroxyl groups is 2. The lowest BCUT2D eigenvalue weighted by Crippen LogP contribution is -2.43. The zero-order valence-electron chi connectivity index (χ0n) is 9.54. The van der Waals surface area contributed by atoms with Crippen LogP contribution in [0.5, 0.6) is 0 Å². The van der Waals surface area contributed by atoms with Crippen LogP contribution in [0.1, 0.15) is 13.2 Å². The first kappa shape index (κ1) is 12.9. The molecule has 0 unspecified atom stereocenters. The summed E-state index contributed by atoms with van der Waals surface area (Å²) in [5, 5.41) is 18.6. The van der Waals surface area contributed by atoms with Gasteiger partial charge >= 0.3 is 5.69 Å². The first-order valence-corrected chi connectivity index (χ1v) is 5.32. The van der Waals surface area contributed by atoms with Crippen LogP contribution < -0.4 is 11.2 Å². The molecule has 1 aromatic heterocycles. The molecule has 18 heavy (non-hydrogen) atoms. The number of hydrogen-bond donors (Lipinski definition) is 3. The summed E-state index contributed by atoms with van der Waals surface area (Å²) in [7, 11) is 0. The number of aliphatic hydroxyl groups excluding tert-OH is 2. The van der Waals surface area contributed by atoms with Crippen molar-refractivity contribution in [1.82, 2.24) is 9.55 Å². The van der Waals surface area contributed by atoms with Crippen molar-refractivity contribution in [3.63, 3.8) is 0 Å². The molecule has 0 aliphatic carbocycles. The Morgan fingerprint density at radius 2 is 2.28 bits per heavy atom. The van der Waals surface area contributed by atoms with Crippen LogP contribution in [-0.4, -0.2) is 44.2 Å². The number of hydrogen-bond acceptors (Lipinski definition) is 5. The van der Waals surface area contributed by atoms with E-state index in [2.05, 4.69) is 0 Å². The highest BCUT2D eigenvalue weighted by Gasteiger charge is 2.54. The number of ether oxygens (including phenoxy) is 1. The van der Waals surface area contributed by atoms with Gasteiger partial charge in [-0.25, -0.2) is 9.18 Å². The predicted molar refractivity (Wildman–Crippen MR) is 57.8 cm³/mol. The lowest BCUT2D eigenvalue weighted by Gasteiger charge is -2.24. The predicted octanol–water partition coefficient (Wildman–Crippen LogP) is -1.48. The molecule has 0 bridgehead atoms. The van der Waals surface area contributed by atoms with Gasteiger partial charge in [-0.15, -0.1) is 0 Å². The third-order valence-corrected chi connectivity index (χ3v) is 3.00. The first-order valence-electron chi connectivity index (χ1n) is 5.32. The fourth-order valence-electron chi connectivity index (χ4n) is 1.97. The number of alkyl halides is 1. The quantitative estimate of drug-likeness (QED) is 0.601. The van der Waals surface area contributed by atoms with Gasteiger partial charge in [0.15, 0.2) is 11.9 Å². The van der Waals surface area contributed by atoms with E-state index < -0.39 is 42.0 Å². The van der Waals surface area contributed by atoms with E-state index in [0.29, 0.717) is 0 Å². The zero-order valence-corrected chi connectivity index (χ0v) is 9.54. The van der Waals surface area contributed by atoms with Crippen molar-refractivity contribution in [3.05, 3.63) is 33.1 Å². The summed E-state index contributed by atoms with van der Waals surface area (Å²) in [6.45, 7) is 0.491.